The molecule has 11 nitrogen and oxygen atoms in total. The minimum Gasteiger partial charge on any atom is -0.518 e. The first-order valence-corrected chi connectivity index (χ1v) is 13.5. The number of nitrogens with one attached hydrogen (secondary N) is 2. The zero-order valence-corrected chi connectivity index (χ0v) is 24.0. The Morgan fingerprint density at radius 3 is 2.35 bits per heavy atom. The van der Waals surface area contributed by atoms with Gasteiger partial charge in [-0.3, -0.25) is 24.2 Å². The highest BCUT2D eigenvalue weighted by atomic mass is 16.5. The molecule has 1 heterocycles. The van der Waals surface area contributed by atoms with Crippen LogP contribution >= 0.6 is 0 Å². The van der Waals surface area contributed by atoms with Crippen molar-refractivity contribution in [2.75, 3.05) is 20.7 Å². The summed E-state index contributed by atoms with van der Waals surface area (Å²) >= 11 is 0. The van der Waals surface area contributed by atoms with Crippen LogP contribution in [0.5, 0.6) is 0 Å². The van der Waals surface area contributed by atoms with Crippen molar-refractivity contribution in [3.8, 4) is 0 Å². The van der Waals surface area contributed by atoms with E-state index >= 15 is 0 Å². The Labute approximate surface area is 236 Å². The van der Waals surface area contributed by atoms with Crippen LogP contribution in [0.2, 0.25) is 0 Å². The van der Waals surface area contributed by atoms with Gasteiger partial charge in [0.25, 0.3) is 11.9 Å². The van der Waals surface area contributed by atoms with E-state index in [1.54, 1.807) is 11.9 Å². The summed E-state index contributed by atoms with van der Waals surface area (Å²) in [6, 6.07) is 8.38. The Hall–Kier alpha value is -3.80. The van der Waals surface area contributed by atoms with Gasteiger partial charge in [-0.2, -0.15) is 0 Å². The maximum atomic E-state index is 13.8. The van der Waals surface area contributed by atoms with Crippen molar-refractivity contribution in [2.24, 2.45) is 5.92 Å². The first-order chi connectivity index (χ1) is 19.1. The van der Waals surface area contributed by atoms with Gasteiger partial charge < -0.3 is 24.8 Å². The second kappa shape index (κ2) is 17.0. The number of ether oxygens (including phenoxy) is 1. The number of methoxy groups -OCH3 is 1. The Kier molecular flexibility index (Phi) is 13.8. The Morgan fingerprint density at radius 1 is 1.02 bits per heavy atom. The van der Waals surface area contributed by atoms with E-state index in [1.807, 2.05) is 51.1 Å². The molecule has 0 bridgehead atoms. The van der Waals surface area contributed by atoms with E-state index in [0.29, 0.717) is 12.8 Å². The standard InChI is InChI=1S/C28H40BN5O6/c1-6-10-26(36)40-29(34(4)16-13-25(35)39-5)24(17-20(2)3)33-27(37)22(18-21-11-8-7-9-12-21)32-28(38)23-19-30-14-15-31-23/h7-9,11-12,14-15,19-20,22,24H,6,10,13,16-18H2,1-5H3,(H,32,38)(H,33,37)/t22-,24-/m0/s1. The number of nitrogens with zero attached hydrogens (tertiary/aromatic N) is 3. The predicted octanol–water partition coefficient (Wildman–Crippen LogP) is 2.21. The molecule has 0 saturated carbocycles. The van der Waals surface area contributed by atoms with Gasteiger partial charge in [0.2, 0.25) is 5.91 Å². The predicted molar refractivity (Wildman–Crippen MR) is 151 cm³/mol. The first kappa shape index (κ1) is 32.4. The fourth-order valence-corrected chi connectivity index (χ4v) is 4.12. The van der Waals surface area contributed by atoms with E-state index in [9.17, 15) is 19.2 Å². The molecule has 2 aromatic rings. The summed E-state index contributed by atoms with van der Waals surface area (Å²) in [7, 11) is 2.19. The normalized spacial score (nSPS) is 12.4. The maximum absolute atomic E-state index is 13.8. The van der Waals surface area contributed by atoms with Crippen LogP contribution < -0.4 is 10.6 Å². The quantitative estimate of drug-likeness (QED) is 0.237. The highest BCUT2D eigenvalue weighted by Gasteiger charge is 2.39. The molecule has 0 aliphatic heterocycles. The van der Waals surface area contributed by atoms with Gasteiger partial charge >= 0.3 is 13.0 Å². The first-order valence-electron chi connectivity index (χ1n) is 13.5. The molecular formula is C28H40BN5O6. The minimum atomic E-state index is -0.945. The van der Waals surface area contributed by atoms with E-state index in [-0.39, 0.29) is 37.4 Å². The van der Waals surface area contributed by atoms with Gasteiger partial charge in [-0.1, -0.05) is 51.1 Å². The smallest absolute Gasteiger partial charge is 0.474 e. The molecule has 2 atom stereocenters. The van der Waals surface area contributed by atoms with Crippen molar-refractivity contribution in [1.82, 2.24) is 25.4 Å². The van der Waals surface area contributed by atoms with E-state index in [4.69, 9.17) is 9.39 Å². The van der Waals surface area contributed by atoms with Gasteiger partial charge in [0, 0.05) is 31.8 Å². The number of amides is 2. The van der Waals surface area contributed by atoms with Crippen LogP contribution in [0, 0.1) is 5.92 Å². The Balaban J connectivity index is 2.34. The largest absolute Gasteiger partial charge is 0.518 e. The van der Waals surface area contributed by atoms with E-state index in [0.717, 1.165) is 5.56 Å². The molecule has 216 valence electrons. The number of benzene rings is 1. The number of aromatic nitrogens is 2. The minimum absolute atomic E-state index is 0.0843. The maximum Gasteiger partial charge on any atom is 0.474 e. The van der Waals surface area contributed by atoms with Gasteiger partial charge in [0.15, 0.2) is 0 Å². The number of esters is 1. The van der Waals surface area contributed by atoms with Crippen LogP contribution in [0.1, 0.15) is 62.5 Å². The molecule has 0 saturated heterocycles. The summed E-state index contributed by atoms with van der Waals surface area (Å²) in [4.78, 5) is 60.8. The highest BCUT2D eigenvalue weighted by Crippen LogP contribution is 2.14. The van der Waals surface area contributed by atoms with Gasteiger partial charge in [-0.05, 0) is 31.4 Å². The van der Waals surface area contributed by atoms with E-state index in [1.165, 1.54) is 25.7 Å². The fraction of sp³-hybridized carbons (Fsp3) is 0.500. The Bertz CT molecular complexity index is 1090. The number of carbonyl (C=O) groups excluding carboxylic acids is 4. The molecule has 1 aromatic heterocycles. The van der Waals surface area contributed by atoms with Crippen LogP contribution in [0.4, 0.5) is 0 Å². The molecule has 0 spiro atoms. The second-order valence-electron chi connectivity index (χ2n) is 9.99. The molecule has 0 aliphatic rings. The average Bonchev–Trinajstić information content (AvgIpc) is 2.94. The third-order valence-corrected chi connectivity index (χ3v) is 6.13. The van der Waals surface area contributed by atoms with Crippen LogP contribution in [-0.4, -0.2) is 78.3 Å². The topological polar surface area (TPSA) is 140 Å². The number of hydrogen-bond acceptors (Lipinski definition) is 9. The third kappa shape index (κ3) is 11.1. The lowest BCUT2D eigenvalue weighted by atomic mass is 9.67. The van der Waals surface area contributed by atoms with E-state index < -0.39 is 42.8 Å². The molecule has 0 fully saturated rings. The monoisotopic (exact) mass is 553 g/mol. The molecule has 0 unspecified atom stereocenters. The molecule has 2 N–H and O–H groups in total. The van der Waals surface area contributed by atoms with Crippen LogP contribution in [-0.2, 0) is 30.2 Å². The molecule has 2 amide bonds. The van der Waals surface area contributed by atoms with E-state index in [2.05, 4.69) is 20.6 Å². The van der Waals surface area contributed by atoms with Crippen LogP contribution in [0.3, 0.4) is 0 Å². The summed E-state index contributed by atoms with van der Waals surface area (Å²) in [6.07, 6.45) is 5.80. The fourth-order valence-electron chi connectivity index (χ4n) is 4.12. The molecule has 0 aliphatic carbocycles. The number of carbonyl (C=O) groups is 4. The third-order valence-electron chi connectivity index (χ3n) is 6.13. The molecule has 1 aromatic carbocycles. The van der Waals surface area contributed by atoms with Crippen molar-refractivity contribution in [3.63, 3.8) is 0 Å². The van der Waals surface area contributed by atoms with Gasteiger partial charge in [-0.25, -0.2) is 4.98 Å². The zero-order valence-electron chi connectivity index (χ0n) is 24.0. The number of rotatable bonds is 16. The summed E-state index contributed by atoms with van der Waals surface area (Å²) in [5.74, 6) is -2.27. The molecule has 0 radical (unpaired) electrons. The van der Waals surface area contributed by atoms with Crippen LogP contribution in [0.25, 0.3) is 0 Å². The van der Waals surface area contributed by atoms with Crippen molar-refractivity contribution in [2.45, 2.75) is 64.9 Å². The molecular weight excluding hydrogens is 513 g/mol. The summed E-state index contributed by atoms with van der Waals surface area (Å²) in [5.41, 5.74) is 0.935. The summed E-state index contributed by atoms with van der Waals surface area (Å²) in [5, 5.41) is 5.81. The summed E-state index contributed by atoms with van der Waals surface area (Å²) in [6.45, 7) is 6.11. The van der Waals surface area contributed by atoms with Crippen molar-refractivity contribution in [3.05, 3.63) is 60.2 Å². The molecule has 12 heteroatoms. The van der Waals surface area contributed by atoms with Crippen molar-refractivity contribution < 1.29 is 28.6 Å². The lowest BCUT2D eigenvalue weighted by Crippen LogP contribution is -2.60. The van der Waals surface area contributed by atoms with Gasteiger partial charge in [0.1, 0.15) is 11.7 Å². The number of hydrogen-bond donors (Lipinski definition) is 2. The lowest BCUT2D eigenvalue weighted by Gasteiger charge is -2.32. The van der Waals surface area contributed by atoms with Crippen molar-refractivity contribution in [1.29, 1.82) is 0 Å². The molecule has 2 rings (SSSR count). The van der Waals surface area contributed by atoms with Crippen LogP contribution in [0.15, 0.2) is 48.9 Å². The van der Waals surface area contributed by atoms with Gasteiger partial charge in [-0.15, -0.1) is 0 Å². The zero-order chi connectivity index (χ0) is 29.5. The highest BCUT2D eigenvalue weighted by molar-refractivity contribution is 6.53. The molecule has 40 heavy (non-hydrogen) atoms. The van der Waals surface area contributed by atoms with Crippen molar-refractivity contribution >= 4 is 30.8 Å². The summed E-state index contributed by atoms with van der Waals surface area (Å²) < 4.78 is 10.6. The lowest BCUT2D eigenvalue weighted by molar-refractivity contribution is -0.140. The average molecular weight is 553 g/mol. The Morgan fingerprint density at radius 2 is 1.75 bits per heavy atom. The second-order valence-corrected chi connectivity index (χ2v) is 9.99. The van der Waals surface area contributed by atoms with Gasteiger partial charge in [0.05, 0.1) is 25.7 Å². The SMILES string of the molecule is CCCC(=O)OB([C@H](CC(C)C)NC(=O)[C@H](Cc1ccccc1)NC(=O)c1cnccn1)N(C)CCC(=O)OC.